The summed E-state index contributed by atoms with van der Waals surface area (Å²) < 4.78 is 64.4. The normalized spacial score (nSPS) is 13.0. The van der Waals surface area contributed by atoms with Crippen molar-refractivity contribution in [1.29, 1.82) is 0 Å². The molecule has 57 heavy (non-hydrogen) atoms. The average molecular weight is 755 g/mol. The van der Waals surface area contributed by atoms with Crippen molar-refractivity contribution in [2.24, 2.45) is 0 Å². The lowest BCUT2D eigenvalue weighted by atomic mass is 10.0. The van der Waals surface area contributed by atoms with E-state index in [2.05, 4.69) is 18.2 Å². The minimum atomic E-state index is -0.472. The third-order valence-corrected chi connectivity index (χ3v) is 11.3. The summed E-state index contributed by atoms with van der Waals surface area (Å²) in [5.74, 6) is 0.747. The second kappa shape index (κ2) is 13.7. The SMILES string of the molecule is [2H]c1c([2H])c([2H])c2c(oc3c([2H])c(N(c4ccc(-c5ccccc5)cc4)c4cccc5c4sc4ccccc45)c([2H])c(-c4nc(-c5ccccc5)nc(-c5ccccc5)n4)c32)c1[2H]. The minimum absolute atomic E-state index is 0.0321. The molecule has 0 unspecified atom stereocenters. The fraction of sp³-hybridized carbons (Fsp3) is 0. The Bertz CT molecular complexity index is 3530. The Morgan fingerprint density at radius 1 is 0.474 bits per heavy atom. The highest BCUT2D eigenvalue weighted by molar-refractivity contribution is 7.26. The molecule has 0 spiro atoms. The molecule has 0 aliphatic heterocycles. The zero-order chi connectivity index (χ0) is 42.9. The Morgan fingerprint density at radius 2 is 1.07 bits per heavy atom. The predicted octanol–water partition coefficient (Wildman–Crippen LogP) is 14.3. The van der Waals surface area contributed by atoms with E-state index < -0.39 is 18.1 Å². The molecule has 11 aromatic rings. The molecule has 0 aliphatic rings. The van der Waals surface area contributed by atoms with Gasteiger partial charge in [-0.25, -0.2) is 15.0 Å². The predicted molar refractivity (Wildman–Crippen MR) is 236 cm³/mol. The molecular weight excluding hydrogens is 717 g/mol. The molecule has 0 saturated heterocycles. The Morgan fingerprint density at radius 3 is 1.79 bits per heavy atom. The smallest absolute Gasteiger partial charge is 0.164 e. The van der Waals surface area contributed by atoms with E-state index in [9.17, 15) is 4.11 Å². The van der Waals surface area contributed by atoms with Crippen molar-refractivity contribution in [1.82, 2.24) is 15.0 Å². The molecule has 0 bridgehead atoms. The van der Waals surface area contributed by atoms with Crippen LogP contribution in [0.5, 0.6) is 0 Å². The molecule has 8 aromatic carbocycles. The maximum absolute atomic E-state index is 10.4. The number of rotatable bonds is 7. The summed E-state index contributed by atoms with van der Waals surface area (Å²) in [6.45, 7) is 0. The van der Waals surface area contributed by atoms with E-state index in [0.29, 0.717) is 28.5 Å². The molecule has 268 valence electrons. The van der Waals surface area contributed by atoms with Gasteiger partial charge in [-0.3, -0.25) is 0 Å². The van der Waals surface area contributed by atoms with Crippen LogP contribution in [0.1, 0.15) is 8.22 Å². The average Bonchev–Trinajstić information content (AvgIpc) is 3.93. The van der Waals surface area contributed by atoms with E-state index in [1.807, 2.05) is 144 Å². The van der Waals surface area contributed by atoms with Crippen molar-refractivity contribution >= 4 is 70.5 Å². The molecule has 0 aliphatic carbocycles. The van der Waals surface area contributed by atoms with Crippen molar-refractivity contribution in [3.63, 3.8) is 0 Å². The first-order valence-electron chi connectivity index (χ1n) is 21.5. The third kappa shape index (κ3) is 5.82. The van der Waals surface area contributed by atoms with Gasteiger partial charge in [-0.1, -0.05) is 152 Å². The lowest BCUT2D eigenvalue weighted by molar-refractivity contribution is 0.669. The van der Waals surface area contributed by atoms with Gasteiger partial charge in [-0.15, -0.1) is 11.3 Å². The molecule has 5 nitrogen and oxygen atoms in total. The number of nitrogens with zero attached hydrogens (tertiary/aromatic N) is 4. The monoisotopic (exact) mass is 754 g/mol. The number of anilines is 3. The molecule has 0 atom stereocenters. The van der Waals surface area contributed by atoms with Crippen LogP contribution in [0, 0.1) is 0 Å². The van der Waals surface area contributed by atoms with Crippen molar-refractivity contribution in [3.8, 4) is 45.3 Å². The summed E-state index contributed by atoms with van der Waals surface area (Å²) in [6, 6.07) is 49.2. The van der Waals surface area contributed by atoms with Gasteiger partial charge in [0.15, 0.2) is 17.5 Å². The highest BCUT2D eigenvalue weighted by atomic mass is 32.1. The van der Waals surface area contributed by atoms with Crippen LogP contribution in [0.2, 0.25) is 0 Å². The Kier molecular flexibility index (Phi) is 6.55. The molecule has 6 heteroatoms. The Labute approximate surface area is 341 Å². The van der Waals surface area contributed by atoms with Crippen LogP contribution < -0.4 is 4.90 Å². The summed E-state index contributed by atoms with van der Waals surface area (Å²) in [4.78, 5) is 16.9. The molecule has 3 heterocycles. The standard InChI is InChI=1S/C51H32N4OS/c1-4-15-33(16-5-1)34-27-29-37(30-28-34)55(43-24-14-23-40-39-21-11-13-26-46(39)57-48(40)43)38-31-42(47-41-22-10-12-25-44(41)56-45(47)32-38)51-53-49(35-17-6-2-7-18-35)52-50(54-51)36-19-8-3-9-20-36/h1-32H/i10D,12D,22D,25D,31D,32D. The minimum Gasteiger partial charge on any atom is -0.456 e. The molecule has 0 radical (unpaired) electrons. The van der Waals surface area contributed by atoms with E-state index in [0.717, 1.165) is 37.0 Å². The second-order valence-electron chi connectivity index (χ2n) is 13.5. The van der Waals surface area contributed by atoms with Crippen molar-refractivity contribution in [2.45, 2.75) is 0 Å². The van der Waals surface area contributed by atoms with Crippen molar-refractivity contribution < 1.29 is 12.6 Å². The van der Waals surface area contributed by atoms with E-state index >= 15 is 0 Å². The number of furan rings is 1. The van der Waals surface area contributed by atoms with Gasteiger partial charge in [0, 0.05) is 54.7 Å². The quantitative estimate of drug-likeness (QED) is 0.162. The lowest BCUT2D eigenvalue weighted by Crippen LogP contribution is -2.10. The molecule has 0 fully saturated rings. The summed E-state index contributed by atoms with van der Waals surface area (Å²) in [5.41, 5.74) is 4.93. The third-order valence-electron chi connectivity index (χ3n) is 10.1. The fourth-order valence-corrected chi connectivity index (χ4v) is 8.60. The number of fused-ring (bicyclic) bond motifs is 6. The van der Waals surface area contributed by atoms with Gasteiger partial charge >= 0.3 is 0 Å². The van der Waals surface area contributed by atoms with Crippen LogP contribution in [0.25, 0.3) is 87.4 Å². The molecule has 3 aromatic heterocycles. The zero-order valence-corrected chi connectivity index (χ0v) is 30.9. The van der Waals surface area contributed by atoms with Gasteiger partial charge in [-0.2, -0.15) is 0 Å². The highest BCUT2D eigenvalue weighted by Gasteiger charge is 2.24. The van der Waals surface area contributed by atoms with E-state index in [-0.39, 0.29) is 57.1 Å². The molecule has 0 N–H and O–H groups in total. The maximum atomic E-state index is 10.4. The van der Waals surface area contributed by atoms with Crippen LogP contribution in [0.3, 0.4) is 0 Å². The van der Waals surface area contributed by atoms with Crippen LogP contribution in [-0.4, -0.2) is 15.0 Å². The Hall–Kier alpha value is -7.41. The summed E-state index contributed by atoms with van der Waals surface area (Å²) >= 11 is 1.62. The first-order chi connectivity index (χ1) is 30.8. The Balaban J connectivity index is 1.28. The largest absolute Gasteiger partial charge is 0.456 e. The summed E-state index contributed by atoms with van der Waals surface area (Å²) in [5, 5.41) is 2.27. The number of para-hydroxylation sites is 1. The molecule has 11 rings (SSSR count). The van der Waals surface area contributed by atoms with Gasteiger partial charge in [0.2, 0.25) is 0 Å². The van der Waals surface area contributed by atoms with E-state index in [4.69, 9.17) is 23.5 Å². The molecular formula is C51H32N4OS. The van der Waals surface area contributed by atoms with Crippen molar-refractivity contribution in [3.05, 3.63) is 194 Å². The first-order valence-corrected chi connectivity index (χ1v) is 19.3. The van der Waals surface area contributed by atoms with Crippen LogP contribution in [0.15, 0.2) is 198 Å². The maximum Gasteiger partial charge on any atom is 0.164 e. The van der Waals surface area contributed by atoms with Gasteiger partial charge in [0.25, 0.3) is 0 Å². The number of thiophene rings is 1. The fourth-order valence-electron chi connectivity index (χ4n) is 7.40. The van der Waals surface area contributed by atoms with E-state index in [1.165, 1.54) is 0 Å². The lowest BCUT2D eigenvalue weighted by Gasteiger charge is -2.27. The highest BCUT2D eigenvalue weighted by Crippen LogP contribution is 2.47. The van der Waals surface area contributed by atoms with Crippen LogP contribution in [0.4, 0.5) is 17.1 Å². The van der Waals surface area contributed by atoms with Crippen LogP contribution >= 0.6 is 11.3 Å². The first kappa shape index (κ1) is 27.2. The van der Waals surface area contributed by atoms with Gasteiger partial charge in [-0.05, 0) is 47.5 Å². The number of benzene rings is 8. The molecule has 0 saturated carbocycles. The van der Waals surface area contributed by atoms with Gasteiger partial charge in [0.1, 0.15) is 11.2 Å². The summed E-state index contributed by atoms with van der Waals surface area (Å²) in [7, 11) is 0. The van der Waals surface area contributed by atoms with Gasteiger partial charge < -0.3 is 9.32 Å². The second-order valence-corrected chi connectivity index (χ2v) is 14.6. The zero-order valence-electron chi connectivity index (χ0n) is 36.1. The van der Waals surface area contributed by atoms with Gasteiger partial charge in [0.05, 0.1) is 24.3 Å². The van der Waals surface area contributed by atoms with Crippen LogP contribution in [-0.2, 0) is 0 Å². The number of hydrogen-bond donors (Lipinski definition) is 0. The molecule has 0 amide bonds. The topological polar surface area (TPSA) is 55.1 Å². The summed E-state index contributed by atoms with van der Waals surface area (Å²) in [6.07, 6.45) is 0. The number of hydrogen-bond acceptors (Lipinski definition) is 6. The van der Waals surface area contributed by atoms with Crippen molar-refractivity contribution in [2.75, 3.05) is 4.90 Å². The number of aromatic nitrogens is 3. The van der Waals surface area contributed by atoms with E-state index in [1.54, 1.807) is 11.3 Å².